The minimum atomic E-state index is -0.510. The third-order valence-corrected chi connectivity index (χ3v) is 9.14. The summed E-state index contributed by atoms with van der Waals surface area (Å²) >= 11 is 1.62. The first-order chi connectivity index (χ1) is 23.0. The lowest BCUT2D eigenvalue weighted by Gasteiger charge is -2.25. The van der Waals surface area contributed by atoms with E-state index in [4.69, 9.17) is 33.7 Å². The number of nitrogens with zero attached hydrogens (tertiary/aromatic N) is 5. The van der Waals surface area contributed by atoms with E-state index in [1.165, 1.54) is 24.1 Å². The summed E-state index contributed by atoms with van der Waals surface area (Å²) in [7, 11) is 5.82. The maximum atomic E-state index is 13.7. The van der Waals surface area contributed by atoms with Gasteiger partial charge in [0.2, 0.25) is 0 Å². The van der Waals surface area contributed by atoms with Gasteiger partial charge in [0.1, 0.15) is 18.1 Å². The van der Waals surface area contributed by atoms with Crippen LogP contribution in [0.5, 0.6) is 0 Å². The molecule has 6 rings (SSSR count). The van der Waals surface area contributed by atoms with Crippen molar-refractivity contribution in [3.8, 4) is 0 Å². The number of hydrogen-bond donors (Lipinski definition) is 1. The fraction of sp³-hybridized carbons (Fsp3) is 0.559. The standard InChI is InChI=1S/C32H41N5O6S.C2H7N/c1-3-39-16-17-41-18-19-42-20-21-43-32(38)37(29-11-9-25-24-6-4-5-7-27(24)35(2)30(25)34-29)23-8-10-26-28(22-23)44-31(33-26)36-12-14-40-15-13-36;1-3-2/h8-11,22H,3-7,12-21H2,1-2H3;3H,1-2H3. The minimum Gasteiger partial charge on any atom is -0.446 e. The van der Waals surface area contributed by atoms with Gasteiger partial charge in [-0.15, -0.1) is 0 Å². The molecule has 1 aromatic carbocycles. The van der Waals surface area contributed by atoms with Crippen LogP contribution in [0.15, 0.2) is 30.3 Å². The van der Waals surface area contributed by atoms with Crippen molar-refractivity contribution in [3.05, 3.63) is 41.6 Å². The monoisotopic (exact) mass is 668 g/mol. The molecule has 0 saturated carbocycles. The molecule has 1 aliphatic carbocycles. The number of amides is 1. The van der Waals surface area contributed by atoms with Crippen LogP contribution < -0.4 is 15.1 Å². The van der Waals surface area contributed by atoms with Gasteiger partial charge in [0, 0.05) is 37.8 Å². The van der Waals surface area contributed by atoms with E-state index in [9.17, 15) is 4.79 Å². The average molecular weight is 669 g/mol. The first-order valence-corrected chi connectivity index (χ1v) is 17.4. The quantitative estimate of drug-likeness (QED) is 0.194. The summed E-state index contributed by atoms with van der Waals surface area (Å²) < 4.78 is 30.8. The van der Waals surface area contributed by atoms with E-state index in [1.807, 2.05) is 45.3 Å². The number of aryl methyl sites for hydroxylation is 2. The number of benzene rings is 1. The predicted molar refractivity (Wildman–Crippen MR) is 187 cm³/mol. The lowest BCUT2D eigenvalue weighted by Crippen LogP contribution is -2.36. The molecular formula is C34H48N6O6S. The molecule has 12 nitrogen and oxygen atoms in total. The van der Waals surface area contributed by atoms with Gasteiger partial charge in [-0.2, -0.15) is 0 Å². The van der Waals surface area contributed by atoms with Gasteiger partial charge in [0.25, 0.3) is 0 Å². The maximum Gasteiger partial charge on any atom is 0.420 e. The number of fused-ring (bicyclic) bond motifs is 4. The molecule has 0 bridgehead atoms. The Hall–Kier alpha value is -3.33. The van der Waals surface area contributed by atoms with E-state index in [1.54, 1.807) is 16.2 Å². The van der Waals surface area contributed by atoms with Gasteiger partial charge in [-0.05, 0) is 82.6 Å². The van der Waals surface area contributed by atoms with E-state index in [-0.39, 0.29) is 13.2 Å². The minimum absolute atomic E-state index is 0.110. The van der Waals surface area contributed by atoms with Crippen LogP contribution in [0.4, 0.5) is 21.4 Å². The van der Waals surface area contributed by atoms with Crippen LogP contribution in [-0.2, 0) is 43.6 Å². The average Bonchev–Trinajstić information content (AvgIpc) is 3.65. The van der Waals surface area contributed by atoms with Gasteiger partial charge in [0.05, 0.1) is 62.2 Å². The summed E-state index contributed by atoms with van der Waals surface area (Å²) in [6.45, 7) is 7.99. The number of morpholine rings is 1. The molecular weight excluding hydrogens is 620 g/mol. The van der Waals surface area contributed by atoms with Crippen molar-refractivity contribution in [1.29, 1.82) is 0 Å². The summed E-state index contributed by atoms with van der Waals surface area (Å²) in [6, 6.07) is 9.88. The highest BCUT2D eigenvalue weighted by molar-refractivity contribution is 7.22. The van der Waals surface area contributed by atoms with Crippen molar-refractivity contribution >= 4 is 55.3 Å². The number of aromatic nitrogens is 3. The fourth-order valence-corrected chi connectivity index (χ4v) is 6.88. The third-order valence-electron chi connectivity index (χ3n) is 8.06. The lowest BCUT2D eigenvalue weighted by atomic mass is 9.96. The molecule has 4 heterocycles. The van der Waals surface area contributed by atoms with E-state index >= 15 is 0 Å². The normalized spacial score (nSPS) is 14.6. The number of nitrogens with one attached hydrogen (secondary N) is 1. The largest absolute Gasteiger partial charge is 0.446 e. The molecule has 1 saturated heterocycles. The Bertz CT molecular complexity index is 1590. The molecule has 1 aliphatic heterocycles. The molecule has 0 atom stereocenters. The van der Waals surface area contributed by atoms with E-state index < -0.39 is 6.09 Å². The summed E-state index contributed by atoms with van der Waals surface area (Å²) in [5.41, 5.74) is 5.17. The van der Waals surface area contributed by atoms with Gasteiger partial charge in [-0.25, -0.2) is 19.7 Å². The zero-order valence-electron chi connectivity index (χ0n) is 28.1. The zero-order chi connectivity index (χ0) is 33.0. The molecule has 256 valence electrons. The molecule has 2 aliphatic rings. The number of carbonyl (C=O) groups is 1. The van der Waals surface area contributed by atoms with Crippen LogP contribution >= 0.6 is 11.3 Å². The smallest absolute Gasteiger partial charge is 0.420 e. The van der Waals surface area contributed by atoms with Gasteiger partial charge in [-0.3, -0.25) is 0 Å². The molecule has 0 unspecified atom stereocenters. The highest BCUT2D eigenvalue weighted by Gasteiger charge is 2.25. The molecule has 4 aromatic rings. The van der Waals surface area contributed by atoms with Crippen molar-refractivity contribution in [2.45, 2.75) is 32.6 Å². The Labute approximate surface area is 280 Å². The number of pyridine rings is 1. The van der Waals surface area contributed by atoms with Crippen molar-refractivity contribution in [2.24, 2.45) is 7.05 Å². The summed E-state index contributed by atoms with van der Waals surface area (Å²) in [5, 5.41) is 4.87. The Kier molecular flexibility index (Phi) is 13.2. The van der Waals surface area contributed by atoms with E-state index in [0.717, 1.165) is 52.3 Å². The van der Waals surface area contributed by atoms with Crippen LogP contribution in [-0.4, -0.2) is 107 Å². The molecule has 3 aromatic heterocycles. The first-order valence-electron chi connectivity index (χ1n) is 16.5. The molecule has 0 radical (unpaired) electrons. The molecule has 47 heavy (non-hydrogen) atoms. The van der Waals surface area contributed by atoms with Gasteiger partial charge in [-0.1, -0.05) is 11.3 Å². The molecule has 0 spiro atoms. The molecule has 1 amide bonds. The molecule has 1 N–H and O–H groups in total. The topological polar surface area (TPSA) is 112 Å². The second-order valence-electron chi connectivity index (χ2n) is 11.4. The molecule has 1 fully saturated rings. The fourth-order valence-electron chi connectivity index (χ4n) is 5.83. The van der Waals surface area contributed by atoms with Crippen molar-refractivity contribution in [3.63, 3.8) is 0 Å². The first kappa shape index (κ1) is 35.0. The summed E-state index contributed by atoms with van der Waals surface area (Å²) in [6.07, 6.45) is 3.98. The highest BCUT2D eigenvalue weighted by atomic mass is 32.1. The Balaban J connectivity index is 0.00000139. The molecule has 13 heteroatoms. The lowest BCUT2D eigenvalue weighted by molar-refractivity contribution is 0.00801. The second-order valence-corrected chi connectivity index (χ2v) is 12.4. The Morgan fingerprint density at radius 3 is 2.40 bits per heavy atom. The number of hydrogen-bond acceptors (Lipinski definition) is 11. The Morgan fingerprint density at radius 2 is 1.66 bits per heavy atom. The Morgan fingerprint density at radius 1 is 0.957 bits per heavy atom. The number of anilines is 3. The van der Waals surface area contributed by atoms with Crippen LogP contribution in [0.1, 0.15) is 31.0 Å². The van der Waals surface area contributed by atoms with Gasteiger partial charge in [0.15, 0.2) is 5.13 Å². The van der Waals surface area contributed by atoms with Gasteiger partial charge < -0.3 is 38.5 Å². The maximum absolute atomic E-state index is 13.7. The predicted octanol–water partition coefficient (Wildman–Crippen LogP) is 5.08. The summed E-state index contributed by atoms with van der Waals surface area (Å²) in [5.74, 6) is 0.515. The van der Waals surface area contributed by atoms with E-state index in [0.29, 0.717) is 57.8 Å². The number of thiazole rings is 1. The summed E-state index contributed by atoms with van der Waals surface area (Å²) in [4.78, 5) is 27.4. The van der Waals surface area contributed by atoms with Crippen molar-refractivity contribution in [1.82, 2.24) is 19.9 Å². The third kappa shape index (κ3) is 8.78. The number of carbonyl (C=O) groups excluding carboxylic acids is 1. The van der Waals surface area contributed by atoms with Crippen molar-refractivity contribution < 1.29 is 28.5 Å². The van der Waals surface area contributed by atoms with Crippen LogP contribution in [0.3, 0.4) is 0 Å². The van der Waals surface area contributed by atoms with Crippen LogP contribution in [0, 0.1) is 0 Å². The van der Waals surface area contributed by atoms with Crippen LogP contribution in [0.2, 0.25) is 0 Å². The van der Waals surface area contributed by atoms with E-state index in [2.05, 4.69) is 27.9 Å². The zero-order valence-corrected chi connectivity index (χ0v) is 28.9. The van der Waals surface area contributed by atoms with Gasteiger partial charge >= 0.3 is 6.09 Å². The second kappa shape index (κ2) is 17.7. The highest BCUT2D eigenvalue weighted by Crippen LogP contribution is 2.36. The number of ether oxygens (including phenoxy) is 5. The van der Waals surface area contributed by atoms with Crippen molar-refractivity contribution in [2.75, 3.05) is 96.4 Å². The SMILES string of the molecule is CCOCCOCCOCCOC(=O)N(c1ccc2nc(N3CCOCC3)sc2c1)c1ccc2c3c(n(C)c2n1)CCCC3.CNC. The van der Waals surface area contributed by atoms with Crippen LogP contribution in [0.25, 0.3) is 21.3 Å². The number of rotatable bonds is 13.